The molecule has 6 heterocycles. The number of nitrogens with zero attached hydrogens (tertiary/aromatic N) is 2. The van der Waals surface area contributed by atoms with E-state index in [4.69, 9.17) is 17.7 Å². The molecular weight excluding hydrogens is 799 g/mol. The second kappa shape index (κ2) is 12.9. The van der Waals surface area contributed by atoms with Crippen molar-refractivity contribution >= 4 is 123 Å². The van der Waals surface area contributed by atoms with Gasteiger partial charge in [0.1, 0.15) is 33.5 Å². The number of furan rings is 4. The number of hydrogen-bond donors (Lipinski definition) is 0. The molecule has 0 saturated carbocycles. The molecule has 0 amide bonds. The van der Waals surface area contributed by atoms with Gasteiger partial charge in [-0.1, -0.05) is 115 Å². The third-order valence-electron chi connectivity index (χ3n) is 13.8. The SMILES string of the molecule is c1ccc(-c2ccc3occc3c2N2c3cccc4c3B(c3ccc5oc6ccccc6c5c32)c2ccc3oc5ccccc5c3c2N4c2c(-c3ccccc3)ccc3occc23)cc1. The maximum Gasteiger partial charge on any atom is 0.252 e. The van der Waals surface area contributed by atoms with Crippen molar-refractivity contribution in [2.45, 2.75) is 0 Å². The number of fused-ring (bicyclic) bond motifs is 14. The van der Waals surface area contributed by atoms with E-state index in [-0.39, 0.29) is 6.71 Å². The van der Waals surface area contributed by atoms with Crippen molar-refractivity contribution in [3.8, 4) is 22.3 Å². The van der Waals surface area contributed by atoms with Gasteiger partial charge in [-0.05, 0) is 100 Å². The maximum atomic E-state index is 6.74. The van der Waals surface area contributed by atoms with Crippen LogP contribution in [0.2, 0.25) is 0 Å². The lowest BCUT2D eigenvalue weighted by Crippen LogP contribution is -2.61. The summed E-state index contributed by atoms with van der Waals surface area (Å²) >= 11 is 0. The summed E-state index contributed by atoms with van der Waals surface area (Å²) in [6.45, 7) is -0.178. The molecule has 0 fully saturated rings. The fourth-order valence-corrected chi connectivity index (χ4v) is 11.2. The monoisotopic (exact) mass is 832 g/mol. The Morgan fingerprint density at radius 1 is 0.323 bits per heavy atom. The first kappa shape index (κ1) is 34.9. The maximum absolute atomic E-state index is 6.74. The minimum absolute atomic E-state index is 0.178. The van der Waals surface area contributed by atoms with E-state index in [1.807, 2.05) is 12.1 Å². The van der Waals surface area contributed by atoms with Crippen LogP contribution in [-0.2, 0) is 0 Å². The standard InChI is InChI=1S/C58H33BN2O4/c1-3-12-34(13-4-1)36-22-26-46-40(30-32-62-46)55(36)60-44-18-11-19-45-54(44)59(42-24-28-50-52(57(42)60)38-16-7-9-20-48(38)64-50)43-25-29-51-53(39-17-8-10-21-49(39)65-51)58(43)61(45)56-37(35-14-5-2-6-15-35)23-27-47-41(56)31-33-63-47/h1-33H. The van der Waals surface area contributed by atoms with Crippen LogP contribution >= 0.6 is 0 Å². The van der Waals surface area contributed by atoms with Gasteiger partial charge in [0.2, 0.25) is 0 Å². The molecule has 0 unspecified atom stereocenters. The molecule has 0 saturated heterocycles. The van der Waals surface area contributed by atoms with Crippen LogP contribution in [0.3, 0.4) is 0 Å². The summed E-state index contributed by atoms with van der Waals surface area (Å²) in [5, 5.41) is 6.32. The predicted octanol–water partition coefficient (Wildman–Crippen LogP) is 14.4. The Morgan fingerprint density at radius 3 is 1.26 bits per heavy atom. The highest BCUT2D eigenvalue weighted by Gasteiger charge is 2.46. The Balaban J connectivity index is 1.15. The second-order valence-corrected chi connectivity index (χ2v) is 17.1. The summed E-state index contributed by atoms with van der Waals surface area (Å²) in [4.78, 5) is 5.03. The van der Waals surface area contributed by atoms with E-state index in [0.717, 1.165) is 122 Å². The number of benzene rings is 9. The molecule has 2 aliphatic heterocycles. The van der Waals surface area contributed by atoms with Crippen LogP contribution in [0.1, 0.15) is 0 Å². The molecule has 15 rings (SSSR count). The van der Waals surface area contributed by atoms with Gasteiger partial charge in [0.15, 0.2) is 0 Å². The molecule has 302 valence electrons. The molecule has 0 N–H and O–H groups in total. The highest BCUT2D eigenvalue weighted by Crippen LogP contribution is 2.54. The molecule has 2 aliphatic rings. The average Bonchev–Trinajstić information content (AvgIpc) is 4.19. The Kier molecular flexibility index (Phi) is 6.94. The summed E-state index contributed by atoms with van der Waals surface area (Å²) in [5.41, 5.74) is 19.4. The van der Waals surface area contributed by atoms with Crippen LogP contribution < -0.4 is 26.2 Å². The van der Waals surface area contributed by atoms with Gasteiger partial charge in [0.25, 0.3) is 6.71 Å². The van der Waals surface area contributed by atoms with Crippen molar-refractivity contribution in [3.63, 3.8) is 0 Å². The molecule has 7 heteroatoms. The number of para-hydroxylation sites is 2. The minimum atomic E-state index is -0.178. The summed E-state index contributed by atoms with van der Waals surface area (Å²) in [7, 11) is 0. The van der Waals surface area contributed by atoms with Crippen LogP contribution in [0.5, 0.6) is 0 Å². The Hall–Kier alpha value is -8.68. The van der Waals surface area contributed by atoms with E-state index in [0.29, 0.717) is 0 Å². The van der Waals surface area contributed by atoms with E-state index >= 15 is 0 Å². The summed E-state index contributed by atoms with van der Waals surface area (Å²) in [6, 6.07) is 66.8. The molecule has 4 aromatic heterocycles. The fraction of sp³-hybridized carbons (Fsp3) is 0. The lowest BCUT2D eigenvalue weighted by molar-refractivity contribution is 0.615. The topological polar surface area (TPSA) is 59.0 Å². The first-order valence-electron chi connectivity index (χ1n) is 22.0. The van der Waals surface area contributed by atoms with Gasteiger partial charge in [0.05, 0.1) is 46.0 Å². The van der Waals surface area contributed by atoms with Gasteiger partial charge in [-0.15, -0.1) is 0 Å². The largest absolute Gasteiger partial charge is 0.464 e. The third-order valence-corrected chi connectivity index (χ3v) is 13.8. The van der Waals surface area contributed by atoms with Crippen molar-refractivity contribution in [2.75, 3.05) is 9.80 Å². The quantitative estimate of drug-likeness (QED) is 0.165. The van der Waals surface area contributed by atoms with Crippen LogP contribution in [0.25, 0.3) is 88.1 Å². The third kappa shape index (κ3) is 4.68. The van der Waals surface area contributed by atoms with Crippen molar-refractivity contribution in [3.05, 3.63) is 201 Å². The van der Waals surface area contributed by atoms with Gasteiger partial charge in [-0.25, -0.2) is 0 Å². The van der Waals surface area contributed by atoms with Gasteiger partial charge >= 0.3 is 0 Å². The number of anilines is 6. The average molecular weight is 833 g/mol. The molecule has 13 aromatic rings. The summed E-state index contributed by atoms with van der Waals surface area (Å²) in [6.07, 6.45) is 3.61. The van der Waals surface area contributed by atoms with Crippen LogP contribution in [0.15, 0.2) is 218 Å². The zero-order valence-electron chi connectivity index (χ0n) is 34.7. The lowest BCUT2D eigenvalue weighted by atomic mass is 9.33. The summed E-state index contributed by atoms with van der Waals surface area (Å²) < 4.78 is 26.0. The van der Waals surface area contributed by atoms with Crippen LogP contribution in [0.4, 0.5) is 34.1 Å². The lowest BCUT2D eigenvalue weighted by Gasteiger charge is -2.45. The van der Waals surface area contributed by atoms with E-state index in [9.17, 15) is 0 Å². The second-order valence-electron chi connectivity index (χ2n) is 17.1. The minimum Gasteiger partial charge on any atom is -0.464 e. The normalized spacial score (nSPS) is 13.1. The van der Waals surface area contributed by atoms with E-state index < -0.39 is 0 Å². The molecule has 0 radical (unpaired) electrons. The molecule has 65 heavy (non-hydrogen) atoms. The van der Waals surface area contributed by atoms with Crippen molar-refractivity contribution in [1.29, 1.82) is 0 Å². The van der Waals surface area contributed by atoms with Crippen LogP contribution in [-0.4, -0.2) is 6.71 Å². The van der Waals surface area contributed by atoms with Crippen molar-refractivity contribution in [1.82, 2.24) is 0 Å². The Labute approximate surface area is 371 Å². The molecule has 0 spiro atoms. The molecule has 0 bridgehead atoms. The molecule has 9 aromatic carbocycles. The first-order valence-corrected chi connectivity index (χ1v) is 22.0. The zero-order chi connectivity index (χ0) is 42.3. The number of hydrogen-bond acceptors (Lipinski definition) is 6. The van der Waals surface area contributed by atoms with E-state index in [2.05, 4.69) is 186 Å². The molecule has 6 nitrogen and oxygen atoms in total. The summed E-state index contributed by atoms with van der Waals surface area (Å²) in [5.74, 6) is 0. The van der Waals surface area contributed by atoms with Crippen molar-refractivity contribution < 1.29 is 17.7 Å². The van der Waals surface area contributed by atoms with Gasteiger partial charge in [-0.3, -0.25) is 0 Å². The van der Waals surface area contributed by atoms with Crippen LogP contribution in [0, 0.1) is 0 Å². The predicted molar refractivity (Wildman–Crippen MR) is 265 cm³/mol. The fourth-order valence-electron chi connectivity index (χ4n) is 11.2. The van der Waals surface area contributed by atoms with E-state index in [1.54, 1.807) is 12.5 Å². The first-order chi connectivity index (χ1) is 32.3. The highest BCUT2D eigenvalue weighted by molar-refractivity contribution is 7.01. The zero-order valence-corrected chi connectivity index (χ0v) is 34.7. The Bertz CT molecular complexity index is 3840. The highest BCUT2D eigenvalue weighted by atomic mass is 16.3. The number of rotatable bonds is 4. The van der Waals surface area contributed by atoms with E-state index in [1.165, 1.54) is 16.4 Å². The Morgan fingerprint density at radius 2 is 0.769 bits per heavy atom. The molecule has 0 atom stereocenters. The van der Waals surface area contributed by atoms with Gasteiger partial charge < -0.3 is 27.5 Å². The smallest absolute Gasteiger partial charge is 0.252 e. The molecule has 0 aliphatic carbocycles. The van der Waals surface area contributed by atoms with Gasteiger partial charge in [0, 0.05) is 44.0 Å². The molecular formula is C58H33BN2O4. The van der Waals surface area contributed by atoms with Crippen molar-refractivity contribution in [2.24, 2.45) is 0 Å². The van der Waals surface area contributed by atoms with Gasteiger partial charge in [-0.2, -0.15) is 0 Å².